The largest absolute Gasteiger partial charge is 0.481 e. The van der Waals surface area contributed by atoms with Gasteiger partial charge >= 0.3 is 5.97 Å². The molecule has 7 rings (SSSR count). The number of anilines is 2. The van der Waals surface area contributed by atoms with Crippen LogP contribution < -0.4 is 5.32 Å². The molecule has 2 N–H and O–H groups in total. The first-order valence-corrected chi connectivity index (χ1v) is 15.5. The summed E-state index contributed by atoms with van der Waals surface area (Å²) in [5.41, 5.74) is 9.86. The fourth-order valence-electron chi connectivity index (χ4n) is 6.20. The van der Waals surface area contributed by atoms with Crippen LogP contribution in [0.15, 0.2) is 88.6 Å². The minimum atomic E-state index is -0.721. The van der Waals surface area contributed by atoms with Crippen molar-refractivity contribution in [2.75, 3.05) is 18.4 Å². The Morgan fingerprint density at radius 2 is 1.93 bits per heavy atom. The molecule has 0 bridgehead atoms. The fourth-order valence-corrected chi connectivity index (χ4v) is 6.48. The van der Waals surface area contributed by atoms with Gasteiger partial charge in [-0.05, 0) is 85.3 Å². The smallest absolute Gasteiger partial charge is 0.307 e. The van der Waals surface area contributed by atoms with Crippen LogP contribution in [0.4, 0.5) is 17.1 Å². The van der Waals surface area contributed by atoms with E-state index < -0.39 is 5.97 Å². The first-order valence-electron chi connectivity index (χ1n) is 15.1. The minimum Gasteiger partial charge on any atom is -0.481 e. The topological polar surface area (TPSA) is 104 Å². The Bertz CT molecular complexity index is 1980. The Hall–Kier alpha value is -4.79. The molecule has 0 spiro atoms. The number of carboxylic acid groups (broad SMARTS) is 1. The van der Waals surface area contributed by atoms with Gasteiger partial charge in [-0.3, -0.25) is 19.7 Å². The molecule has 4 heterocycles. The number of fused-ring (bicyclic) bond motifs is 2. The number of oxazole rings is 1. The van der Waals surface area contributed by atoms with Crippen LogP contribution in [0.25, 0.3) is 33.7 Å². The normalized spacial score (nSPS) is 16.4. The number of rotatable bonds is 7. The van der Waals surface area contributed by atoms with Crippen molar-refractivity contribution in [3.63, 3.8) is 0 Å². The van der Waals surface area contributed by atoms with E-state index in [1.165, 1.54) is 0 Å². The second-order valence-electron chi connectivity index (χ2n) is 11.6. The first-order chi connectivity index (χ1) is 21.9. The highest BCUT2D eigenvalue weighted by molar-refractivity contribution is 6.36. The van der Waals surface area contributed by atoms with Crippen LogP contribution in [0, 0.1) is 12.8 Å². The number of nitrogens with zero attached hydrogens (tertiary/aromatic N) is 4. The lowest BCUT2D eigenvalue weighted by atomic mass is 9.96. The van der Waals surface area contributed by atoms with E-state index in [0.29, 0.717) is 36.0 Å². The van der Waals surface area contributed by atoms with Crippen LogP contribution in [0.3, 0.4) is 0 Å². The number of hydrogen-bond donors (Lipinski definition) is 2. The molecule has 0 unspecified atom stereocenters. The van der Waals surface area contributed by atoms with Crippen molar-refractivity contribution < 1.29 is 14.3 Å². The van der Waals surface area contributed by atoms with Crippen LogP contribution in [0.1, 0.15) is 29.5 Å². The number of aliphatic imine (C=N–C) groups is 1. The number of carboxylic acids is 1. The van der Waals surface area contributed by atoms with E-state index in [1.807, 2.05) is 67.0 Å². The zero-order valence-corrected chi connectivity index (χ0v) is 25.6. The van der Waals surface area contributed by atoms with Crippen molar-refractivity contribution in [2.45, 2.75) is 32.7 Å². The van der Waals surface area contributed by atoms with Gasteiger partial charge in [-0.1, -0.05) is 48.0 Å². The van der Waals surface area contributed by atoms with E-state index in [1.54, 1.807) is 6.20 Å². The SMILES string of the molecule is Cc1c(-c2nc3cc(CN4CC[C@@H](C(=O)O)C4)ccc3o2)cccc1-c1cccc(Nc2cncc3c2N=CC=CCC3)c1Cl. The van der Waals surface area contributed by atoms with Gasteiger partial charge in [0.25, 0.3) is 0 Å². The molecule has 0 amide bonds. The van der Waals surface area contributed by atoms with Crippen molar-refractivity contribution in [2.24, 2.45) is 10.9 Å². The van der Waals surface area contributed by atoms with E-state index in [0.717, 1.165) is 75.3 Å². The van der Waals surface area contributed by atoms with E-state index in [9.17, 15) is 9.90 Å². The predicted octanol–water partition coefficient (Wildman–Crippen LogP) is 8.37. The Balaban J connectivity index is 1.17. The average molecular weight is 618 g/mol. The number of halogens is 1. The minimum absolute atomic E-state index is 0.297. The highest BCUT2D eigenvalue weighted by Gasteiger charge is 2.28. The second-order valence-corrected chi connectivity index (χ2v) is 12.0. The predicted molar refractivity (Wildman–Crippen MR) is 179 cm³/mol. The molecule has 5 aromatic rings. The molecule has 45 heavy (non-hydrogen) atoms. The van der Waals surface area contributed by atoms with Crippen molar-refractivity contribution in [1.29, 1.82) is 0 Å². The zero-order valence-electron chi connectivity index (χ0n) is 24.8. The monoisotopic (exact) mass is 617 g/mol. The van der Waals surface area contributed by atoms with E-state index >= 15 is 0 Å². The van der Waals surface area contributed by atoms with Gasteiger partial charge in [0, 0.05) is 36.6 Å². The summed E-state index contributed by atoms with van der Waals surface area (Å²) < 4.78 is 6.23. The summed E-state index contributed by atoms with van der Waals surface area (Å²) >= 11 is 7.07. The van der Waals surface area contributed by atoms with Gasteiger partial charge in [0.05, 0.1) is 34.2 Å². The van der Waals surface area contributed by atoms with Crippen LogP contribution in [-0.4, -0.2) is 45.2 Å². The Morgan fingerprint density at radius 1 is 1.09 bits per heavy atom. The number of aryl methyl sites for hydroxylation is 1. The maximum atomic E-state index is 11.4. The number of pyridine rings is 1. The molecule has 2 aliphatic heterocycles. The molecule has 1 saturated heterocycles. The van der Waals surface area contributed by atoms with Gasteiger partial charge in [0.2, 0.25) is 5.89 Å². The first kappa shape index (κ1) is 29.0. The summed E-state index contributed by atoms with van der Waals surface area (Å²) in [6.07, 6.45) is 12.0. The zero-order chi connectivity index (χ0) is 30.9. The lowest BCUT2D eigenvalue weighted by molar-refractivity contribution is -0.141. The molecular formula is C36H32ClN5O3. The molecule has 3 aromatic carbocycles. The van der Waals surface area contributed by atoms with E-state index in [-0.39, 0.29) is 5.92 Å². The van der Waals surface area contributed by atoms with Gasteiger partial charge in [-0.15, -0.1) is 0 Å². The summed E-state index contributed by atoms with van der Waals surface area (Å²) in [6, 6.07) is 18.0. The summed E-state index contributed by atoms with van der Waals surface area (Å²) in [5.74, 6) is -0.476. The third-order valence-corrected chi connectivity index (χ3v) is 9.01. The van der Waals surface area contributed by atoms with Crippen LogP contribution in [0.2, 0.25) is 5.02 Å². The van der Waals surface area contributed by atoms with Gasteiger partial charge in [-0.25, -0.2) is 4.98 Å². The Kier molecular flexibility index (Phi) is 7.92. The molecule has 226 valence electrons. The molecule has 0 saturated carbocycles. The number of benzene rings is 3. The number of carbonyl (C=O) groups is 1. The standard InChI is InChI=1S/C36H32ClN5O3/c1-22-26(28-10-6-11-29(33(28)37)40-31-19-38-18-24-7-3-2-4-15-39-34(24)31)8-5-9-27(22)35-41-30-17-23(12-13-32(30)45-35)20-42-16-14-25(21-42)36(43)44/h2,4-6,8-13,15,17-19,25,40H,3,7,14,16,20-21H2,1H3,(H,43,44)/t25-/m1/s1. The number of nitrogens with one attached hydrogen (secondary N) is 1. The van der Waals surface area contributed by atoms with Crippen LogP contribution in [0.5, 0.6) is 0 Å². The summed E-state index contributed by atoms with van der Waals surface area (Å²) in [7, 11) is 0. The Morgan fingerprint density at radius 3 is 2.80 bits per heavy atom. The van der Waals surface area contributed by atoms with Crippen molar-refractivity contribution >= 4 is 51.9 Å². The molecule has 2 aliphatic rings. The van der Waals surface area contributed by atoms with Gasteiger partial charge in [0.1, 0.15) is 5.52 Å². The van der Waals surface area contributed by atoms with Gasteiger partial charge < -0.3 is 14.8 Å². The van der Waals surface area contributed by atoms with Crippen molar-refractivity contribution in [3.05, 3.63) is 101 Å². The van der Waals surface area contributed by atoms with E-state index in [2.05, 4.69) is 39.3 Å². The number of aliphatic carboxylic acids is 1. The highest BCUT2D eigenvalue weighted by Crippen LogP contribution is 2.41. The van der Waals surface area contributed by atoms with Crippen molar-refractivity contribution in [1.82, 2.24) is 14.9 Å². The molecule has 8 nitrogen and oxygen atoms in total. The molecule has 9 heteroatoms. The second kappa shape index (κ2) is 12.3. The van der Waals surface area contributed by atoms with Gasteiger partial charge in [-0.2, -0.15) is 0 Å². The molecular weight excluding hydrogens is 586 g/mol. The number of allylic oxidation sites excluding steroid dienone is 2. The average Bonchev–Trinajstić information content (AvgIpc) is 3.66. The third-order valence-electron chi connectivity index (χ3n) is 8.60. The number of aromatic nitrogens is 2. The lowest BCUT2D eigenvalue weighted by Crippen LogP contribution is -2.22. The number of likely N-dealkylation sites (tertiary alicyclic amines) is 1. The summed E-state index contributed by atoms with van der Waals surface area (Å²) in [4.78, 5) is 27.5. The molecule has 2 aromatic heterocycles. The Labute approximate surface area is 266 Å². The van der Waals surface area contributed by atoms with Crippen molar-refractivity contribution in [3.8, 4) is 22.6 Å². The third kappa shape index (κ3) is 5.87. The quantitative estimate of drug-likeness (QED) is 0.189. The summed E-state index contributed by atoms with van der Waals surface area (Å²) in [5, 5.41) is 13.4. The molecule has 0 radical (unpaired) electrons. The molecule has 1 fully saturated rings. The fraction of sp³-hybridized carbons (Fsp3) is 0.222. The lowest BCUT2D eigenvalue weighted by Gasteiger charge is -2.17. The van der Waals surface area contributed by atoms with E-state index in [4.69, 9.17) is 21.0 Å². The maximum absolute atomic E-state index is 11.4. The maximum Gasteiger partial charge on any atom is 0.307 e. The van der Waals surface area contributed by atoms with Crippen LogP contribution in [-0.2, 0) is 17.8 Å². The molecule has 0 aliphatic carbocycles. The number of hydrogen-bond acceptors (Lipinski definition) is 7. The highest BCUT2D eigenvalue weighted by atomic mass is 35.5. The molecule has 1 atom stereocenters. The van der Waals surface area contributed by atoms with Gasteiger partial charge in [0.15, 0.2) is 5.58 Å². The summed E-state index contributed by atoms with van der Waals surface area (Å²) in [6.45, 7) is 4.09. The van der Waals surface area contributed by atoms with Crippen LogP contribution >= 0.6 is 11.6 Å².